The lowest BCUT2D eigenvalue weighted by molar-refractivity contribution is 0.0691. The minimum Gasteiger partial charge on any atom is -0.335 e. The van der Waals surface area contributed by atoms with Crippen molar-refractivity contribution in [3.63, 3.8) is 0 Å². The van der Waals surface area contributed by atoms with E-state index in [9.17, 15) is 4.79 Å². The van der Waals surface area contributed by atoms with E-state index in [0.29, 0.717) is 12.0 Å². The number of aryl methyl sites for hydroxylation is 3. The van der Waals surface area contributed by atoms with Crippen molar-refractivity contribution in [3.05, 3.63) is 23.0 Å². The molecule has 1 amide bonds. The van der Waals surface area contributed by atoms with Crippen molar-refractivity contribution in [1.82, 2.24) is 19.7 Å². The number of nitrogens with zero attached hydrogens (tertiary/aromatic N) is 4. The van der Waals surface area contributed by atoms with Crippen molar-refractivity contribution in [3.8, 4) is 0 Å². The predicted octanol–water partition coefficient (Wildman–Crippen LogP) is 3.38. The Kier molecular flexibility index (Phi) is 3.82. The summed E-state index contributed by atoms with van der Waals surface area (Å²) in [6.07, 6.45) is 7.51. The number of fused-ring (bicyclic) bond motifs is 1. The molecule has 2 aromatic heterocycles. The van der Waals surface area contributed by atoms with Gasteiger partial charge in [-0.05, 0) is 51.5 Å². The predicted molar refractivity (Wildman–Crippen MR) is 94.0 cm³/mol. The summed E-state index contributed by atoms with van der Waals surface area (Å²) in [5.41, 5.74) is 3.37. The van der Waals surface area contributed by atoms with Crippen LogP contribution in [0.15, 0.2) is 6.07 Å². The van der Waals surface area contributed by atoms with Crippen LogP contribution in [0.2, 0.25) is 0 Å². The van der Waals surface area contributed by atoms with Crippen LogP contribution in [-0.4, -0.2) is 38.2 Å². The number of pyridine rings is 1. The lowest BCUT2D eigenvalue weighted by atomic mass is 9.95. The van der Waals surface area contributed by atoms with Crippen LogP contribution in [0.25, 0.3) is 11.0 Å². The Morgan fingerprint density at radius 3 is 2.67 bits per heavy atom. The summed E-state index contributed by atoms with van der Waals surface area (Å²) in [5.74, 6) is 0.876. The zero-order chi connectivity index (χ0) is 16.8. The van der Waals surface area contributed by atoms with Crippen molar-refractivity contribution in [2.24, 2.45) is 13.0 Å². The third kappa shape index (κ3) is 2.41. The van der Waals surface area contributed by atoms with Crippen LogP contribution in [0.5, 0.6) is 0 Å². The number of hydrogen-bond acceptors (Lipinski definition) is 3. The molecule has 0 N–H and O–H groups in total. The number of likely N-dealkylation sites (tertiary alicyclic amines) is 1. The molecule has 1 aliphatic carbocycles. The minimum absolute atomic E-state index is 0.177. The molecule has 0 unspecified atom stereocenters. The molecule has 1 saturated carbocycles. The van der Waals surface area contributed by atoms with Gasteiger partial charge in [0.15, 0.2) is 5.65 Å². The summed E-state index contributed by atoms with van der Waals surface area (Å²) in [6.45, 7) is 4.81. The van der Waals surface area contributed by atoms with Crippen LogP contribution < -0.4 is 0 Å². The topological polar surface area (TPSA) is 51.0 Å². The van der Waals surface area contributed by atoms with E-state index in [0.717, 1.165) is 47.4 Å². The Morgan fingerprint density at radius 1 is 1.17 bits per heavy atom. The van der Waals surface area contributed by atoms with E-state index in [1.54, 1.807) is 4.68 Å². The largest absolute Gasteiger partial charge is 0.335 e. The van der Waals surface area contributed by atoms with Gasteiger partial charge < -0.3 is 4.90 Å². The highest BCUT2D eigenvalue weighted by Crippen LogP contribution is 2.36. The first-order chi connectivity index (χ1) is 11.6. The Balaban J connectivity index is 1.75. The molecule has 4 rings (SSSR count). The monoisotopic (exact) mass is 326 g/mol. The summed E-state index contributed by atoms with van der Waals surface area (Å²) < 4.78 is 1.78. The average Bonchev–Trinajstić information content (AvgIpc) is 3.27. The van der Waals surface area contributed by atoms with Gasteiger partial charge in [0.2, 0.25) is 0 Å². The van der Waals surface area contributed by atoms with Crippen LogP contribution in [0, 0.1) is 19.8 Å². The fourth-order valence-corrected chi connectivity index (χ4v) is 4.77. The first-order valence-electron chi connectivity index (χ1n) is 9.18. The molecular formula is C19H26N4O. The lowest BCUT2D eigenvalue weighted by Crippen LogP contribution is -2.39. The fourth-order valence-electron chi connectivity index (χ4n) is 4.77. The first-order valence-corrected chi connectivity index (χ1v) is 9.18. The molecule has 0 bridgehead atoms. The lowest BCUT2D eigenvalue weighted by Gasteiger charge is -2.29. The zero-order valence-electron chi connectivity index (χ0n) is 14.9. The smallest absolute Gasteiger partial charge is 0.254 e. The second-order valence-corrected chi connectivity index (χ2v) is 7.47. The molecule has 1 saturated heterocycles. The van der Waals surface area contributed by atoms with Crippen LogP contribution in [0.1, 0.15) is 60.3 Å². The Labute approximate surface area is 143 Å². The van der Waals surface area contributed by atoms with E-state index in [4.69, 9.17) is 0 Å². The van der Waals surface area contributed by atoms with Gasteiger partial charge in [0.1, 0.15) is 0 Å². The van der Waals surface area contributed by atoms with E-state index < -0.39 is 0 Å². The van der Waals surface area contributed by atoms with E-state index in [2.05, 4.69) is 15.0 Å². The van der Waals surface area contributed by atoms with Gasteiger partial charge >= 0.3 is 0 Å². The number of amides is 1. The Morgan fingerprint density at radius 2 is 1.92 bits per heavy atom. The van der Waals surface area contributed by atoms with Crippen LogP contribution in [0.4, 0.5) is 0 Å². The number of rotatable bonds is 2. The molecule has 5 nitrogen and oxygen atoms in total. The minimum atomic E-state index is 0.177. The van der Waals surface area contributed by atoms with E-state index in [1.165, 1.54) is 25.7 Å². The molecule has 0 aromatic carbocycles. The molecule has 24 heavy (non-hydrogen) atoms. The summed E-state index contributed by atoms with van der Waals surface area (Å²) in [5, 5.41) is 5.40. The molecule has 1 atom stereocenters. The third-order valence-electron chi connectivity index (χ3n) is 5.83. The van der Waals surface area contributed by atoms with Crippen LogP contribution in [-0.2, 0) is 7.05 Å². The summed E-state index contributed by atoms with van der Waals surface area (Å²) in [4.78, 5) is 20.1. The maximum Gasteiger partial charge on any atom is 0.254 e. The van der Waals surface area contributed by atoms with Crippen molar-refractivity contribution < 1.29 is 4.79 Å². The molecule has 3 heterocycles. The van der Waals surface area contributed by atoms with Gasteiger partial charge in [0, 0.05) is 25.3 Å². The summed E-state index contributed by atoms with van der Waals surface area (Å²) >= 11 is 0. The fraction of sp³-hybridized carbons (Fsp3) is 0.632. The van der Waals surface area contributed by atoms with Crippen molar-refractivity contribution >= 4 is 16.9 Å². The normalized spacial score (nSPS) is 22.0. The van der Waals surface area contributed by atoms with Gasteiger partial charge in [-0.2, -0.15) is 5.10 Å². The number of carbonyl (C=O) groups is 1. The second kappa shape index (κ2) is 5.87. The Bertz CT molecular complexity index is 788. The van der Waals surface area contributed by atoms with Gasteiger partial charge in [-0.15, -0.1) is 0 Å². The number of hydrogen-bond donors (Lipinski definition) is 0. The van der Waals surface area contributed by atoms with Gasteiger partial charge in [0.05, 0.1) is 16.6 Å². The maximum atomic E-state index is 13.4. The highest BCUT2D eigenvalue weighted by Gasteiger charge is 2.37. The first kappa shape index (κ1) is 15.6. The molecule has 0 spiro atoms. The number of aromatic nitrogens is 3. The third-order valence-corrected chi connectivity index (χ3v) is 5.83. The Hall–Kier alpha value is -1.91. The molecule has 1 aliphatic heterocycles. The van der Waals surface area contributed by atoms with E-state index in [1.807, 2.05) is 27.0 Å². The van der Waals surface area contributed by atoms with Crippen molar-refractivity contribution in [2.45, 2.75) is 58.4 Å². The maximum absolute atomic E-state index is 13.4. The van der Waals surface area contributed by atoms with Gasteiger partial charge in [-0.1, -0.05) is 12.8 Å². The zero-order valence-corrected chi connectivity index (χ0v) is 14.9. The summed E-state index contributed by atoms with van der Waals surface area (Å²) in [6, 6.07) is 2.38. The van der Waals surface area contributed by atoms with Crippen LogP contribution >= 0.6 is 0 Å². The SMILES string of the molecule is Cc1cc(C(=O)N2CCC[C@H]2C2CCCC2)c2c(C)nn(C)c2n1. The average molecular weight is 326 g/mol. The van der Waals surface area contributed by atoms with Crippen LogP contribution in [0.3, 0.4) is 0 Å². The molecule has 2 aromatic rings. The van der Waals surface area contributed by atoms with Gasteiger partial charge in [-0.3, -0.25) is 9.48 Å². The molecular weight excluding hydrogens is 300 g/mol. The quantitative estimate of drug-likeness (QED) is 0.850. The van der Waals surface area contributed by atoms with Crippen molar-refractivity contribution in [2.75, 3.05) is 6.54 Å². The van der Waals surface area contributed by atoms with E-state index >= 15 is 0 Å². The second-order valence-electron chi connectivity index (χ2n) is 7.47. The standard InChI is InChI=1S/C19H26N4O/c1-12-11-15(17-13(2)21-22(3)18(17)20-12)19(24)23-10-6-9-16(23)14-7-4-5-8-14/h11,14,16H,4-10H2,1-3H3/t16-/m0/s1. The molecule has 5 heteroatoms. The van der Waals surface area contributed by atoms with Gasteiger partial charge in [-0.25, -0.2) is 4.98 Å². The molecule has 0 radical (unpaired) electrons. The van der Waals surface area contributed by atoms with Crippen molar-refractivity contribution in [1.29, 1.82) is 0 Å². The highest BCUT2D eigenvalue weighted by atomic mass is 16.2. The van der Waals surface area contributed by atoms with E-state index in [-0.39, 0.29) is 5.91 Å². The molecule has 2 fully saturated rings. The molecule has 2 aliphatic rings. The molecule has 128 valence electrons. The number of carbonyl (C=O) groups excluding carboxylic acids is 1. The van der Waals surface area contributed by atoms with Gasteiger partial charge in [0.25, 0.3) is 5.91 Å². The summed E-state index contributed by atoms with van der Waals surface area (Å²) in [7, 11) is 1.90. The highest BCUT2D eigenvalue weighted by molar-refractivity contribution is 6.06.